The molecular weight excluding hydrogens is 230 g/mol. The van der Waals surface area contributed by atoms with Gasteiger partial charge in [0, 0.05) is 26.6 Å². The third-order valence-electron chi connectivity index (χ3n) is 3.61. The predicted molar refractivity (Wildman–Crippen MR) is 68.9 cm³/mol. The molecule has 0 aromatic rings. The van der Waals surface area contributed by atoms with Gasteiger partial charge in [0.05, 0.1) is 12.2 Å². The molecule has 1 rings (SSSR count). The first-order valence-electron chi connectivity index (χ1n) is 6.45. The van der Waals surface area contributed by atoms with Crippen molar-refractivity contribution in [2.75, 3.05) is 27.2 Å². The number of nitrogens with one attached hydrogen (secondary N) is 1. The summed E-state index contributed by atoms with van der Waals surface area (Å²) in [6, 6.07) is 2.28. The van der Waals surface area contributed by atoms with E-state index in [0.717, 1.165) is 13.1 Å². The number of hydrogen-bond donors (Lipinski definition) is 1. The van der Waals surface area contributed by atoms with Gasteiger partial charge in [0.2, 0.25) is 5.91 Å². The lowest BCUT2D eigenvalue weighted by atomic mass is 9.89. The van der Waals surface area contributed by atoms with Crippen LogP contribution in [0.15, 0.2) is 0 Å². The molecule has 1 N–H and O–H groups in total. The largest absolute Gasteiger partial charge is 0.382 e. The molecule has 1 amide bonds. The monoisotopic (exact) mass is 253 g/mol. The van der Waals surface area contributed by atoms with Crippen molar-refractivity contribution in [3.8, 4) is 6.07 Å². The van der Waals surface area contributed by atoms with E-state index in [-0.39, 0.29) is 12.0 Å². The van der Waals surface area contributed by atoms with Gasteiger partial charge >= 0.3 is 0 Å². The van der Waals surface area contributed by atoms with Crippen LogP contribution in [0.25, 0.3) is 0 Å². The second-order valence-corrected chi connectivity index (χ2v) is 5.13. The summed E-state index contributed by atoms with van der Waals surface area (Å²) in [6.45, 7) is 3.63. The van der Waals surface area contributed by atoms with E-state index >= 15 is 0 Å². The van der Waals surface area contributed by atoms with E-state index in [1.54, 1.807) is 7.11 Å². The Kier molecular flexibility index (Phi) is 5.57. The number of carbonyl (C=O) groups excluding carboxylic acids is 1. The quantitative estimate of drug-likeness (QED) is 0.791. The molecule has 1 unspecified atom stereocenters. The van der Waals surface area contributed by atoms with Gasteiger partial charge in [-0.25, -0.2) is 0 Å². The van der Waals surface area contributed by atoms with Crippen molar-refractivity contribution in [3.63, 3.8) is 0 Å². The number of rotatable bonds is 5. The van der Waals surface area contributed by atoms with E-state index in [1.165, 1.54) is 0 Å². The van der Waals surface area contributed by atoms with Gasteiger partial charge < -0.3 is 15.0 Å². The molecule has 0 bridgehead atoms. The number of carbonyl (C=O) groups is 1. The third-order valence-corrected chi connectivity index (χ3v) is 3.61. The highest BCUT2D eigenvalue weighted by atomic mass is 16.5. The molecule has 5 nitrogen and oxygen atoms in total. The third kappa shape index (κ3) is 4.28. The van der Waals surface area contributed by atoms with E-state index in [4.69, 9.17) is 4.74 Å². The molecule has 18 heavy (non-hydrogen) atoms. The van der Waals surface area contributed by atoms with Gasteiger partial charge in [-0.2, -0.15) is 5.26 Å². The Labute approximate surface area is 109 Å². The van der Waals surface area contributed by atoms with E-state index in [0.29, 0.717) is 25.7 Å². The van der Waals surface area contributed by atoms with Gasteiger partial charge in [0.15, 0.2) is 0 Å². The molecule has 1 fully saturated rings. The summed E-state index contributed by atoms with van der Waals surface area (Å²) in [4.78, 5) is 14.0. The molecular formula is C13H23N3O2. The van der Waals surface area contributed by atoms with Crippen molar-refractivity contribution in [1.29, 1.82) is 5.26 Å². The van der Waals surface area contributed by atoms with Crippen LogP contribution < -0.4 is 5.32 Å². The fourth-order valence-corrected chi connectivity index (χ4v) is 2.05. The highest BCUT2D eigenvalue weighted by Crippen LogP contribution is 2.21. The van der Waals surface area contributed by atoms with Gasteiger partial charge in [0.25, 0.3) is 0 Å². The van der Waals surface area contributed by atoms with Crippen LogP contribution in [0, 0.1) is 11.3 Å². The Balaban J connectivity index is 2.43. The van der Waals surface area contributed by atoms with Crippen molar-refractivity contribution in [1.82, 2.24) is 10.2 Å². The summed E-state index contributed by atoms with van der Waals surface area (Å²) in [5.74, 6) is -0.0509. The minimum atomic E-state index is -0.667. The molecule has 0 radical (unpaired) electrons. The fraction of sp³-hybridized carbons (Fsp3) is 0.846. The second kappa shape index (κ2) is 6.72. The normalized spacial score (nSPS) is 21.0. The lowest BCUT2D eigenvalue weighted by Crippen LogP contribution is -2.53. The number of nitriles is 1. The maximum absolute atomic E-state index is 11.8. The fourth-order valence-electron chi connectivity index (χ4n) is 2.05. The van der Waals surface area contributed by atoms with Crippen LogP contribution in [0.4, 0.5) is 0 Å². The van der Waals surface area contributed by atoms with Crippen molar-refractivity contribution < 1.29 is 9.53 Å². The van der Waals surface area contributed by atoms with Crippen molar-refractivity contribution >= 4 is 5.91 Å². The number of hydrogen-bond acceptors (Lipinski definition) is 4. The zero-order valence-corrected chi connectivity index (χ0v) is 11.5. The van der Waals surface area contributed by atoms with Crippen LogP contribution in [-0.2, 0) is 9.53 Å². The topological polar surface area (TPSA) is 65.4 Å². The van der Waals surface area contributed by atoms with Crippen molar-refractivity contribution in [2.45, 2.75) is 44.2 Å². The molecule has 0 spiro atoms. The minimum absolute atomic E-state index is 0.0509. The Morgan fingerprint density at radius 2 is 2.17 bits per heavy atom. The number of ether oxygens (including phenoxy) is 1. The Morgan fingerprint density at radius 1 is 1.56 bits per heavy atom. The molecule has 1 aliphatic heterocycles. The molecule has 102 valence electrons. The van der Waals surface area contributed by atoms with Crippen LogP contribution in [0.5, 0.6) is 0 Å². The lowest BCUT2D eigenvalue weighted by molar-refractivity contribution is -0.123. The first kappa shape index (κ1) is 14.9. The van der Waals surface area contributed by atoms with Crippen LogP contribution in [0.1, 0.15) is 32.6 Å². The summed E-state index contributed by atoms with van der Waals surface area (Å²) >= 11 is 0. The maximum Gasteiger partial charge on any atom is 0.221 e. The molecule has 1 aliphatic rings. The highest BCUT2D eigenvalue weighted by molar-refractivity contribution is 5.77. The lowest BCUT2D eigenvalue weighted by Gasteiger charge is -2.36. The minimum Gasteiger partial charge on any atom is -0.382 e. The number of methoxy groups -OCH3 is 1. The molecule has 0 saturated carbocycles. The molecule has 0 aromatic carbocycles. The number of amides is 1. The smallest absolute Gasteiger partial charge is 0.221 e. The SMILES string of the molecule is COC(C)CCC(=O)NC1(C#N)CCN(C)CC1. The van der Waals surface area contributed by atoms with Crippen LogP contribution >= 0.6 is 0 Å². The molecule has 1 heterocycles. The summed E-state index contributed by atoms with van der Waals surface area (Å²) in [5.41, 5.74) is -0.667. The van der Waals surface area contributed by atoms with E-state index in [1.807, 2.05) is 14.0 Å². The Morgan fingerprint density at radius 3 is 2.67 bits per heavy atom. The van der Waals surface area contributed by atoms with Gasteiger partial charge in [-0.3, -0.25) is 4.79 Å². The maximum atomic E-state index is 11.8. The number of likely N-dealkylation sites (tertiary alicyclic amines) is 1. The first-order valence-corrected chi connectivity index (χ1v) is 6.45. The second-order valence-electron chi connectivity index (χ2n) is 5.13. The average Bonchev–Trinajstić information content (AvgIpc) is 2.39. The van der Waals surface area contributed by atoms with Crippen LogP contribution in [0.2, 0.25) is 0 Å². The predicted octanol–water partition coefficient (Wildman–Crippen LogP) is 0.906. The first-order chi connectivity index (χ1) is 8.51. The van der Waals surface area contributed by atoms with Crippen LogP contribution in [0.3, 0.4) is 0 Å². The van der Waals surface area contributed by atoms with Crippen molar-refractivity contribution in [3.05, 3.63) is 0 Å². The van der Waals surface area contributed by atoms with Crippen LogP contribution in [-0.4, -0.2) is 49.7 Å². The zero-order chi connectivity index (χ0) is 13.6. The van der Waals surface area contributed by atoms with E-state index < -0.39 is 5.54 Å². The summed E-state index contributed by atoms with van der Waals surface area (Å²) in [6.07, 6.45) is 2.57. The number of piperidine rings is 1. The molecule has 5 heteroatoms. The highest BCUT2D eigenvalue weighted by Gasteiger charge is 2.35. The molecule has 1 saturated heterocycles. The van der Waals surface area contributed by atoms with Gasteiger partial charge in [-0.1, -0.05) is 0 Å². The standard InChI is InChI=1S/C13H23N3O2/c1-11(18-3)4-5-12(17)15-13(10-14)6-8-16(2)9-7-13/h11H,4-9H2,1-3H3,(H,15,17). The van der Waals surface area contributed by atoms with E-state index in [9.17, 15) is 10.1 Å². The number of nitrogens with zero attached hydrogens (tertiary/aromatic N) is 2. The van der Waals surface area contributed by atoms with Gasteiger partial charge in [-0.05, 0) is 33.2 Å². The Hall–Kier alpha value is -1.12. The van der Waals surface area contributed by atoms with Crippen molar-refractivity contribution in [2.24, 2.45) is 0 Å². The molecule has 0 aromatic heterocycles. The summed E-state index contributed by atoms with van der Waals surface area (Å²) in [7, 11) is 3.67. The summed E-state index contributed by atoms with van der Waals surface area (Å²) < 4.78 is 5.10. The van der Waals surface area contributed by atoms with E-state index in [2.05, 4.69) is 16.3 Å². The Bertz CT molecular complexity index is 317. The van der Waals surface area contributed by atoms with Gasteiger partial charge in [0.1, 0.15) is 5.54 Å². The zero-order valence-electron chi connectivity index (χ0n) is 11.5. The summed E-state index contributed by atoms with van der Waals surface area (Å²) in [5, 5.41) is 12.2. The average molecular weight is 253 g/mol. The molecule has 0 aliphatic carbocycles. The van der Waals surface area contributed by atoms with Gasteiger partial charge in [-0.15, -0.1) is 0 Å². The molecule has 1 atom stereocenters.